The fourth-order valence-electron chi connectivity index (χ4n) is 5.75. The highest BCUT2D eigenvalue weighted by Crippen LogP contribution is 2.55. The average Bonchev–Trinajstić information content (AvgIpc) is 2.82. The highest BCUT2D eigenvalue weighted by atomic mass is 35.5. The Labute approximate surface area is 155 Å². The second kappa shape index (κ2) is 5.36. The van der Waals surface area contributed by atoms with Crippen molar-refractivity contribution in [2.75, 3.05) is 0 Å². The molecule has 6 rings (SSSR count). The number of nitrogens with one attached hydrogen (secondary N) is 1. The number of thiophene rings is 1. The molecule has 0 atom stereocenters. The second-order valence-corrected chi connectivity index (χ2v) is 9.90. The van der Waals surface area contributed by atoms with Gasteiger partial charge in [0.2, 0.25) is 0 Å². The van der Waals surface area contributed by atoms with Gasteiger partial charge in [-0.25, -0.2) is 0 Å². The van der Waals surface area contributed by atoms with Crippen molar-refractivity contribution in [2.24, 2.45) is 17.8 Å². The van der Waals surface area contributed by atoms with Crippen molar-refractivity contribution < 1.29 is 4.79 Å². The first-order valence-electron chi connectivity index (χ1n) is 8.71. The van der Waals surface area contributed by atoms with Gasteiger partial charge in [-0.05, 0) is 68.4 Å². The van der Waals surface area contributed by atoms with Gasteiger partial charge < -0.3 is 5.32 Å². The first kappa shape index (κ1) is 15.5. The molecule has 24 heavy (non-hydrogen) atoms. The van der Waals surface area contributed by atoms with Gasteiger partial charge in [-0.3, -0.25) is 4.79 Å². The van der Waals surface area contributed by atoms with Gasteiger partial charge in [0.05, 0.1) is 5.02 Å². The topological polar surface area (TPSA) is 29.1 Å². The van der Waals surface area contributed by atoms with Crippen molar-refractivity contribution in [1.29, 1.82) is 0 Å². The lowest BCUT2D eigenvalue weighted by molar-refractivity contribution is -0.0166. The van der Waals surface area contributed by atoms with Gasteiger partial charge in [-0.1, -0.05) is 29.3 Å². The number of carbonyl (C=O) groups excluding carboxylic acids is 1. The maximum absolute atomic E-state index is 13.0. The van der Waals surface area contributed by atoms with Crippen LogP contribution in [0.3, 0.4) is 0 Å². The first-order chi connectivity index (χ1) is 11.5. The summed E-state index contributed by atoms with van der Waals surface area (Å²) in [4.78, 5) is 13.6. The van der Waals surface area contributed by atoms with E-state index in [9.17, 15) is 4.79 Å². The molecular weight excluding hydrogens is 361 g/mol. The smallest absolute Gasteiger partial charge is 0.263 e. The number of hydrogen-bond acceptors (Lipinski definition) is 2. The Morgan fingerprint density at radius 3 is 2.33 bits per heavy atom. The third-order valence-corrected chi connectivity index (χ3v) is 8.11. The Balaban J connectivity index is 1.46. The van der Waals surface area contributed by atoms with Crippen LogP contribution in [0.1, 0.15) is 48.2 Å². The Bertz CT molecular complexity index is 808. The van der Waals surface area contributed by atoms with E-state index < -0.39 is 0 Å². The van der Waals surface area contributed by atoms with Crippen LogP contribution < -0.4 is 5.32 Å². The van der Waals surface area contributed by atoms with E-state index in [0.717, 1.165) is 47.1 Å². The lowest BCUT2D eigenvalue weighted by Crippen LogP contribution is -2.59. The Kier molecular flexibility index (Phi) is 3.46. The van der Waals surface area contributed by atoms with E-state index in [-0.39, 0.29) is 11.4 Å². The number of fused-ring (bicyclic) bond motifs is 1. The fraction of sp³-hybridized carbons (Fsp3) is 0.526. The SMILES string of the molecule is O=C(NC12CC3CC(CC(C3)C1)C2)c1sc2cc(Cl)ccc2c1Cl. The molecule has 1 aromatic carbocycles. The molecule has 0 spiro atoms. The molecule has 0 radical (unpaired) electrons. The zero-order chi connectivity index (χ0) is 16.5. The summed E-state index contributed by atoms with van der Waals surface area (Å²) in [6.45, 7) is 0. The summed E-state index contributed by atoms with van der Waals surface area (Å²) in [5.41, 5.74) is 0.0168. The van der Waals surface area contributed by atoms with Gasteiger partial charge in [-0.2, -0.15) is 0 Å². The Morgan fingerprint density at radius 2 is 1.71 bits per heavy atom. The summed E-state index contributed by atoms with van der Waals surface area (Å²) >= 11 is 14.0. The van der Waals surface area contributed by atoms with E-state index in [1.165, 1.54) is 30.6 Å². The molecule has 4 bridgehead atoms. The van der Waals surface area contributed by atoms with Crippen molar-refractivity contribution in [2.45, 2.75) is 44.1 Å². The number of halogens is 2. The van der Waals surface area contributed by atoms with E-state index in [1.54, 1.807) is 0 Å². The van der Waals surface area contributed by atoms with Crippen LogP contribution in [0.15, 0.2) is 18.2 Å². The Hall–Kier alpha value is -0.770. The molecule has 1 heterocycles. The van der Waals surface area contributed by atoms with Crippen LogP contribution in [0.2, 0.25) is 10.0 Å². The molecule has 1 aromatic heterocycles. The number of amides is 1. The zero-order valence-electron chi connectivity index (χ0n) is 13.3. The van der Waals surface area contributed by atoms with Gasteiger partial charge in [0.25, 0.3) is 5.91 Å². The second-order valence-electron chi connectivity index (χ2n) is 8.04. The van der Waals surface area contributed by atoms with Crippen LogP contribution in [0, 0.1) is 17.8 Å². The molecule has 5 heteroatoms. The van der Waals surface area contributed by atoms with Crippen LogP contribution >= 0.6 is 34.5 Å². The van der Waals surface area contributed by atoms with Crippen molar-refractivity contribution in [1.82, 2.24) is 5.32 Å². The Morgan fingerprint density at radius 1 is 1.08 bits per heavy atom. The highest BCUT2D eigenvalue weighted by Gasteiger charge is 2.51. The summed E-state index contributed by atoms with van der Waals surface area (Å²) < 4.78 is 0.975. The summed E-state index contributed by atoms with van der Waals surface area (Å²) in [6, 6.07) is 5.61. The summed E-state index contributed by atoms with van der Waals surface area (Å²) in [5.74, 6) is 2.44. The molecule has 4 saturated carbocycles. The van der Waals surface area contributed by atoms with Gasteiger partial charge in [0, 0.05) is 20.6 Å². The molecule has 4 fully saturated rings. The molecule has 0 saturated heterocycles. The average molecular weight is 380 g/mol. The predicted molar refractivity (Wildman–Crippen MR) is 100 cm³/mol. The van der Waals surface area contributed by atoms with Crippen LogP contribution in [-0.2, 0) is 0 Å². The summed E-state index contributed by atoms with van der Waals surface area (Å²) in [6.07, 6.45) is 7.57. The molecule has 2 aromatic rings. The highest BCUT2D eigenvalue weighted by molar-refractivity contribution is 7.21. The van der Waals surface area contributed by atoms with Crippen molar-refractivity contribution >= 4 is 50.5 Å². The standard InChI is InChI=1S/C19H19Cl2NOS/c20-13-1-2-14-15(6-13)24-17(16(14)21)18(23)22-19-7-10-3-11(8-19)5-12(4-10)9-19/h1-2,6,10-12H,3-5,7-9H2,(H,22,23). The molecule has 1 amide bonds. The minimum absolute atomic E-state index is 0.000674. The van der Waals surface area contributed by atoms with E-state index >= 15 is 0 Å². The normalized spacial score (nSPS) is 34.0. The largest absolute Gasteiger partial charge is 0.346 e. The number of hydrogen-bond donors (Lipinski definition) is 1. The lowest BCUT2D eigenvalue weighted by Gasteiger charge is -2.56. The van der Waals surface area contributed by atoms with Crippen LogP contribution in [0.5, 0.6) is 0 Å². The number of rotatable bonds is 2. The van der Waals surface area contributed by atoms with Crippen molar-refractivity contribution in [3.05, 3.63) is 33.1 Å². The molecule has 2 nitrogen and oxygen atoms in total. The fourth-order valence-corrected chi connectivity index (χ4v) is 7.43. The van der Waals surface area contributed by atoms with E-state index in [1.807, 2.05) is 18.2 Å². The molecule has 4 aliphatic rings. The number of carbonyl (C=O) groups is 1. The van der Waals surface area contributed by atoms with Gasteiger partial charge in [-0.15, -0.1) is 11.3 Å². The third-order valence-electron chi connectivity index (χ3n) is 6.21. The molecule has 4 aliphatic carbocycles. The van der Waals surface area contributed by atoms with Crippen LogP contribution in [0.25, 0.3) is 10.1 Å². The molecule has 1 N–H and O–H groups in total. The molecular formula is C19H19Cl2NOS. The third kappa shape index (κ3) is 2.40. The maximum Gasteiger partial charge on any atom is 0.263 e. The van der Waals surface area contributed by atoms with Crippen molar-refractivity contribution in [3.63, 3.8) is 0 Å². The van der Waals surface area contributed by atoms with Gasteiger partial charge in [0.1, 0.15) is 4.88 Å². The van der Waals surface area contributed by atoms with E-state index in [2.05, 4.69) is 5.32 Å². The number of benzene rings is 1. The van der Waals surface area contributed by atoms with Gasteiger partial charge in [0.15, 0.2) is 0 Å². The van der Waals surface area contributed by atoms with E-state index in [4.69, 9.17) is 23.2 Å². The monoisotopic (exact) mass is 379 g/mol. The minimum Gasteiger partial charge on any atom is -0.346 e. The van der Waals surface area contributed by atoms with Crippen LogP contribution in [-0.4, -0.2) is 11.4 Å². The van der Waals surface area contributed by atoms with Crippen molar-refractivity contribution in [3.8, 4) is 0 Å². The predicted octanol–water partition coefficient (Wildman–Crippen LogP) is 5.91. The minimum atomic E-state index is -0.000674. The lowest BCUT2D eigenvalue weighted by atomic mass is 9.53. The zero-order valence-corrected chi connectivity index (χ0v) is 15.6. The molecule has 0 aliphatic heterocycles. The summed E-state index contributed by atoms with van der Waals surface area (Å²) in [5, 5.41) is 5.57. The summed E-state index contributed by atoms with van der Waals surface area (Å²) in [7, 11) is 0. The van der Waals surface area contributed by atoms with Gasteiger partial charge >= 0.3 is 0 Å². The maximum atomic E-state index is 13.0. The van der Waals surface area contributed by atoms with Crippen LogP contribution in [0.4, 0.5) is 0 Å². The molecule has 0 unspecified atom stereocenters. The van der Waals surface area contributed by atoms with E-state index in [0.29, 0.717) is 14.9 Å². The quantitative estimate of drug-likeness (QED) is 0.690. The molecule has 126 valence electrons. The first-order valence-corrected chi connectivity index (χ1v) is 10.3.